The van der Waals surface area contributed by atoms with E-state index in [4.69, 9.17) is 21.1 Å². The number of ether oxygens (including phenoxy) is 2. The lowest BCUT2D eigenvalue weighted by atomic mass is 10.1. The van der Waals surface area contributed by atoms with Crippen molar-refractivity contribution in [1.82, 2.24) is 24.7 Å². The van der Waals surface area contributed by atoms with Gasteiger partial charge in [0.15, 0.2) is 11.0 Å². The molecule has 0 saturated carbocycles. The van der Waals surface area contributed by atoms with Gasteiger partial charge in [0.1, 0.15) is 5.82 Å². The van der Waals surface area contributed by atoms with Gasteiger partial charge in [0.25, 0.3) is 5.56 Å². The highest BCUT2D eigenvalue weighted by Gasteiger charge is 2.16. The number of hydrogen-bond donors (Lipinski definition) is 1. The molecule has 9 nitrogen and oxygen atoms in total. The van der Waals surface area contributed by atoms with Crippen molar-refractivity contribution in [1.29, 1.82) is 0 Å². The molecule has 0 fully saturated rings. The van der Waals surface area contributed by atoms with Gasteiger partial charge in [-0.05, 0) is 48.9 Å². The van der Waals surface area contributed by atoms with E-state index >= 15 is 0 Å². The van der Waals surface area contributed by atoms with Crippen molar-refractivity contribution in [3.8, 4) is 11.4 Å². The molecule has 4 rings (SSSR count). The molecule has 0 aliphatic heterocycles. The van der Waals surface area contributed by atoms with Crippen molar-refractivity contribution in [3.63, 3.8) is 0 Å². The maximum absolute atomic E-state index is 12.5. The van der Waals surface area contributed by atoms with Gasteiger partial charge in [-0.2, -0.15) is 0 Å². The second-order valence-electron chi connectivity index (χ2n) is 7.34. The molecule has 2 aromatic heterocycles. The third-order valence-electron chi connectivity index (χ3n) is 5.06. The van der Waals surface area contributed by atoms with Crippen molar-refractivity contribution in [2.45, 2.75) is 23.9 Å². The summed E-state index contributed by atoms with van der Waals surface area (Å²) >= 11 is 7.44. The van der Waals surface area contributed by atoms with E-state index in [0.717, 1.165) is 17.8 Å². The Morgan fingerprint density at radius 2 is 1.94 bits per heavy atom. The number of aromatic nitrogens is 5. The van der Waals surface area contributed by atoms with E-state index in [9.17, 15) is 9.59 Å². The van der Waals surface area contributed by atoms with Gasteiger partial charge in [-0.15, -0.1) is 10.2 Å². The first kappa shape index (κ1) is 23.9. The van der Waals surface area contributed by atoms with E-state index in [-0.39, 0.29) is 5.56 Å². The second kappa shape index (κ2) is 10.8. The van der Waals surface area contributed by atoms with Crippen LogP contribution in [0.4, 0.5) is 0 Å². The van der Waals surface area contributed by atoms with Crippen LogP contribution in [0.1, 0.15) is 22.6 Å². The van der Waals surface area contributed by atoms with Gasteiger partial charge in [-0.25, -0.2) is 9.78 Å². The second-order valence-corrected chi connectivity index (χ2v) is 8.71. The Labute approximate surface area is 204 Å². The van der Waals surface area contributed by atoms with Gasteiger partial charge in [0.2, 0.25) is 0 Å². The van der Waals surface area contributed by atoms with Crippen LogP contribution >= 0.6 is 23.4 Å². The molecule has 2 heterocycles. The van der Waals surface area contributed by atoms with Crippen LogP contribution in [0, 0.1) is 0 Å². The molecule has 0 radical (unpaired) electrons. The third-order valence-corrected chi connectivity index (χ3v) is 6.29. The van der Waals surface area contributed by atoms with Gasteiger partial charge in [-0.3, -0.25) is 4.79 Å². The highest BCUT2D eigenvalue weighted by molar-refractivity contribution is 7.98. The Kier molecular flexibility index (Phi) is 7.61. The third kappa shape index (κ3) is 5.30. The molecule has 0 saturated heterocycles. The molecule has 0 aliphatic carbocycles. The molecule has 0 bridgehead atoms. The summed E-state index contributed by atoms with van der Waals surface area (Å²) in [6, 6.07) is 12.1. The molecule has 0 spiro atoms. The number of hydrogen-bond acceptors (Lipinski definition) is 8. The van der Waals surface area contributed by atoms with E-state index in [2.05, 4.69) is 20.2 Å². The van der Waals surface area contributed by atoms with Crippen molar-refractivity contribution < 1.29 is 14.3 Å². The predicted molar refractivity (Wildman–Crippen MR) is 130 cm³/mol. The fourth-order valence-electron chi connectivity index (χ4n) is 3.41. The lowest BCUT2D eigenvalue weighted by Gasteiger charge is -2.10. The van der Waals surface area contributed by atoms with Crippen LogP contribution < -0.4 is 5.56 Å². The highest BCUT2D eigenvalue weighted by Crippen LogP contribution is 2.27. The standard InChI is InChI=1S/C23H22ClN5O4S/c1-32-11-3-10-29-20(14-4-7-16(24)8-5-14)27-28-23(29)34-13-19-25-18-12-15(22(31)33-2)6-9-17(18)21(30)26-19/h4-9,12H,3,10-11,13H2,1-2H3,(H,25,26,30). The average Bonchev–Trinajstić information content (AvgIpc) is 3.25. The van der Waals surface area contributed by atoms with E-state index in [1.807, 2.05) is 28.8 Å². The van der Waals surface area contributed by atoms with Crippen LogP contribution in [0.2, 0.25) is 5.02 Å². The number of benzene rings is 2. The van der Waals surface area contributed by atoms with Crippen LogP contribution in [0.5, 0.6) is 0 Å². The number of H-pyrrole nitrogens is 1. The number of halogens is 1. The molecule has 176 valence electrons. The predicted octanol–water partition coefficient (Wildman–Crippen LogP) is 3.95. The first-order valence-electron chi connectivity index (χ1n) is 10.4. The molecule has 1 N–H and O–H groups in total. The van der Waals surface area contributed by atoms with Gasteiger partial charge < -0.3 is 19.0 Å². The molecule has 0 atom stereocenters. The molecule has 2 aromatic carbocycles. The summed E-state index contributed by atoms with van der Waals surface area (Å²) in [6.45, 7) is 1.26. The Morgan fingerprint density at radius 3 is 2.68 bits per heavy atom. The number of thioether (sulfide) groups is 1. The molecule has 0 aliphatic rings. The molecular formula is C23H22ClN5O4S. The number of nitrogens with one attached hydrogen (secondary N) is 1. The Balaban J connectivity index is 1.61. The molecular weight excluding hydrogens is 478 g/mol. The summed E-state index contributed by atoms with van der Waals surface area (Å²) in [5.41, 5.74) is 1.37. The number of carbonyl (C=O) groups excluding carboxylic acids is 1. The number of methoxy groups -OCH3 is 2. The largest absolute Gasteiger partial charge is 0.465 e. The van der Waals surface area contributed by atoms with Gasteiger partial charge in [-0.1, -0.05) is 23.4 Å². The average molecular weight is 500 g/mol. The van der Waals surface area contributed by atoms with Crippen molar-refractivity contribution in [2.24, 2.45) is 0 Å². The van der Waals surface area contributed by atoms with E-state index in [1.54, 1.807) is 25.3 Å². The van der Waals surface area contributed by atoms with Crippen LogP contribution in [-0.2, 0) is 21.8 Å². The molecule has 11 heteroatoms. The zero-order chi connectivity index (χ0) is 24.1. The zero-order valence-corrected chi connectivity index (χ0v) is 20.2. The van der Waals surface area contributed by atoms with E-state index in [0.29, 0.717) is 51.4 Å². The minimum Gasteiger partial charge on any atom is -0.465 e. The molecule has 4 aromatic rings. The first-order valence-corrected chi connectivity index (χ1v) is 11.8. The molecule has 0 unspecified atom stereocenters. The topological polar surface area (TPSA) is 112 Å². The van der Waals surface area contributed by atoms with E-state index in [1.165, 1.54) is 18.9 Å². The maximum Gasteiger partial charge on any atom is 0.337 e. The first-order chi connectivity index (χ1) is 16.5. The number of carbonyl (C=O) groups is 1. The summed E-state index contributed by atoms with van der Waals surface area (Å²) in [4.78, 5) is 31.7. The summed E-state index contributed by atoms with van der Waals surface area (Å²) in [6.07, 6.45) is 0.782. The number of rotatable bonds is 9. The Hall–Kier alpha value is -3.21. The summed E-state index contributed by atoms with van der Waals surface area (Å²) < 4.78 is 12.0. The van der Waals surface area contributed by atoms with Gasteiger partial charge in [0, 0.05) is 30.8 Å². The highest BCUT2D eigenvalue weighted by atomic mass is 35.5. The lowest BCUT2D eigenvalue weighted by Crippen LogP contribution is -2.12. The smallest absolute Gasteiger partial charge is 0.337 e. The van der Waals surface area contributed by atoms with Crippen LogP contribution in [-0.4, -0.2) is 51.5 Å². The summed E-state index contributed by atoms with van der Waals surface area (Å²) in [5.74, 6) is 1.05. The molecule has 0 amide bonds. The lowest BCUT2D eigenvalue weighted by molar-refractivity contribution is 0.0601. The monoisotopic (exact) mass is 499 g/mol. The van der Waals surface area contributed by atoms with Crippen LogP contribution in [0.15, 0.2) is 52.4 Å². The SMILES string of the molecule is COCCCn1c(SCc2nc3cc(C(=O)OC)ccc3c(=O)[nH]2)nnc1-c1ccc(Cl)cc1. The van der Waals surface area contributed by atoms with Crippen molar-refractivity contribution >= 4 is 40.2 Å². The van der Waals surface area contributed by atoms with Gasteiger partial charge in [0.05, 0.1) is 29.3 Å². The van der Waals surface area contributed by atoms with Gasteiger partial charge >= 0.3 is 5.97 Å². The number of esters is 1. The number of nitrogens with zero attached hydrogens (tertiary/aromatic N) is 4. The van der Waals surface area contributed by atoms with Crippen molar-refractivity contribution in [2.75, 3.05) is 20.8 Å². The van der Waals surface area contributed by atoms with E-state index < -0.39 is 5.97 Å². The number of aromatic amines is 1. The van der Waals surface area contributed by atoms with Crippen molar-refractivity contribution in [3.05, 3.63) is 69.2 Å². The zero-order valence-electron chi connectivity index (χ0n) is 18.6. The van der Waals surface area contributed by atoms with Crippen LogP contribution in [0.25, 0.3) is 22.3 Å². The fraction of sp³-hybridized carbons (Fsp3) is 0.261. The molecule has 34 heavy (non-hydrogen) atoms. The Bertz CT molecular complexity index is 1370. The minimum absolute atomic E-state index is 0.277. The fourth-order valence-corrected chi connectivity index (χ4v) is 4.37. The quantitative estimate of drug-likeness (QED) is 0.209. The minimum atomic E-state index is -0.487. The Morgan fingerprint density at radius 1 is 1.15 bits per heavy atom. The number of fused-ring (bicyclic) bond motifs is 1. The van der Waals surface area contributed by atoms with Crippen LogP contribution in [0.3, 0.4) is 0 Å². The summed E-state index contributed by atoms with van der Waals surface area (Å²) in [5, 5.41) is 10.5. The maximum atomic E-state index is 12.5. The normalized spacial score (nSPS) is 11.1. The summed E-state index contributed by atoms with van der Waals surface area (Å²) in [7, 11) is 2.97.